The van der Waals surface area contributed by atoms with Crippen LogP contribution in [-0.2, 0) is 17.5 Å². The molecule has 31 heavy (non-hydrogen) atoms. The lowest BCUT2D eigenvalue weighted by molar-refractivity contribution is -0.137. The molecule has 0 saturated heterocycles. The number of halogens is 3. The third-order valence-electron chi connectivity index (χ3n) is 4.39. The predicted octanol–water partition coefficient (Wildman–Crippen LogP) is 4.43. The van der Waals surface area contributed by atoms with E-state index in [4.69, 9.17) is 4.42 Å². The Morgan fingerprint density at radius 2 is 1.81 bits per heavy atom. The van der Waals surface area contributed by atoms with Gasteiger partial charge in [-0.25, -0.2) is 0 Å². The van der Waals surface area contributed by atoms with E-state index in [2.05, 4.69) is 10.6 Å². The third kappa shape index (κ3) is 5.88. The fraction of sp³-hybridized carbons (Fsp3) is 0.182. The molecule has 162 valence electrons. The highest BCUT2D eigenvalue weighted by atomic mass is 19.4. The summed E-state index contributed by atoms with van der Waals surface area (Å²) in [4.78, 5) is 26.2. The first-order chi connectivity index (χ1) is 14.7. The van der Waals surface area contributed by atoms with Crippen LogP contribution < -0.4 is 10.6 Å². The molecular formula is C22H20F3N3O3. The maximum atomic E-state index is 13.0. The van der Waals surface area contributed by atoms with Gasteiger partial charge in [-0.05, 0) is 42.5 Å². The Bertz CT molecular complexity index is 1050. The second kappa shape index (κ2) is 9.38. The van der Waals surface area contributed by atoms with E-state index in [1.165, 1.54) is 36.4 Å². The molecule has 0 aliphatic carbocycles. The zero-order valence-corrected chi connectivity index (χ0v) is 16.6. The van der Waals surface area contributed by atoms with Crippen LogP contribution in [-0.4, -0.2) is 30.3 Å². The van der Waals surface area contributed by atoms with Crippen LogP contribution in [0.4, 0.5) is 24.5 Å². The van der Waals surface area contributed by atoms with E-state index in [0.717, 1.165) is 12.1 Å². The highest BCUT2D eigenvalue weighted by Gasteiger charge is 2.30. The summed E-state index contributed by atoms with van der Waals surface area (Å²) in [6.45, 7) is -0.00100. The average Bonchev–Trinajstić information content (AvgIpc) is 3.25. The summed E-state index contributed by atoms with van der Waals surface area (Å²) in [6, 6.07) is 14.5. The highest BCUT2D eigenvalue weighted by molar-refractivity contribution is 6.01. The van der Waals surface area contributed by atoms with E-state index >= 15 is 0 Å². The van der Waals surface area contributed by atoms with Gasteiger partial charge in [-0.3, -0.25) is 9.59 Å². The maximum absolute atomic E-state index is 13.0. The van der Waals surface area contributed by atoms with E-state index in [0.29, 0.717) is 11.4 Å². The summed E-state index contributed by atoms with van der Waals surface area (Å²) in [5.74, 6) is -0.253. The summed E-state index contributed by atoms with van der Waals surface area (Å²) >= 11 is 0. The van der Waals surface area contributed by atoms with Crippen LogP contribution >= 0.6 is 0 Å². The molecule has 1 heterocycles. The first-order valence-corrected chi connectivity index (χ1v) is 9.32. The standard InChI is InChI=1S/C22H20F3N3O3/c1-28(14-20(29)26-13-17-8-5-11-31-17)21(30)18-9-2-3-10-19(18)27-16-7-4-6-15(12-16)22(23,24)25/h2-12,27H,13-14H2,1H3,(H,26,29). The normalized spacial score (nSPS) is 11.1. The van der Waals surface area contributed by atoms with Crippen molar-refractivity contribution in [2.24, 2.45) is 0 Å². The van der Waals surface area contributed by atoms with Crippen LogP contribution in [0, 0.1) is 0 Å². The summed E-state index contributed by atoms with van der Waals surface area (Å²) in [7, 11) is 1.47. The lowest BCUT2D eigenvalue weighted by Gasteiger charge is -2.19. The Labute approximate surface area is 176 Å². The van der Waals surface area contributed by atoms with Crippen molar-refractivity contribution < 1.29 is 27.2 Å². The predicted molar refractivity (Wildman–Crippen MR) is 109 cm³/mol. The van der Waals surface area contributed by atoms with Crippen molar-refractivity contribution in [3.63, 3.8) is 0 Å². The largest absolute Gasteiger partial charge is 0.467 e. The number of carbonyl (C=O) groups is 2. The van der Waals surface area contributed by atoms with Crippen molar-refractivity contribution in [1.29, 1.82) is 0 Å². The van der Waals surface area contributed by atoms with Gasteiger partial charge < -0.3 is 20.0 Å². The number of furan rings is 1. The molecule has 0 bridgehead atoms. The molecule has 0 aliphatic heterocycles. The number of amides is 2. The summed E-state index contributed by atoms with van der Waals surface area (Å²) < 4.78 is 44.0. The van der Waals surface area contributed by atoms with E-state index in [9.17, 15) is 22.8 Å². The number of rotatable bonds is 7. The van der Waals surface area contributed by atoms with Crippen molar-refractivity contribution in [2.45, 2.75) is 12.7 Å². The Morgan fingerprint density at radius 1 is 1.03 bits per heavy atom. The molecule has 0 unspecified atom stereocenters. The quantitative estimate of drug-likeness (QED) is 0.581. The minimum atomic E-state index is -4.48. The van der Waals surface area contributed by atoms with Crippen molar-refractivity contribution in [2.75, 3.05) is 18.9 Å². The SMILES string of the molecule is CN(CC(=O)NCc1ccco1)C(=O)c1ccccc1Nc1cccc(C(F)(F)F)c1. The minimum Gasteiger partial charge on any atom is -0.467 e. The topological polar surface area (TPSA) is 74.6 Å². The van der Waals surface area contributed by atoms with Gasteiger partial charge in [0.1, 0.15) is 5.76 Å². The molecule has 3 rings (SSSR count). The monoisotopic (exact) mass is 431 g/mol. The summed E-state index contributed by atoms with van der Waals surface area (Å²) in [5.41, 5.74) is -0.0588. The molecular weight excluding hydrogens is 411 g/mol. The summed E-state index contributed by atoms with van der Waals surface area (Å²) in [5, 5.41) is 5.51. The van der Waals surface area contributed by atoms with Crippen LogP contribution in [0.15, 0.2) is 71.3 Å². The highest BCUT2D eigenvalue weighted by Crippen LogP contribution is 2.32. The van der Waals surface area contributed by atoms with E-state index < -0.39 is 17.6 Å². The smallest absolute Gasteiger partial charge is 0.416 e. The lowest BCUT2D eigenvalue weighted by atomic mass is 10.1. The number of likely N-dealkylation sites (N-methyl/N-ethyl adjacent to an activating group) is 1. The first kappa shape index (κ1) is 21.9. The van der Waals surface area contributed by atoms with Gasteiger partial charge in [-0.15, -0.1) is 0 Å². The van der Waals surface area contributed by atoms with Crippen molar-refractivity contribution in [1.82, 2.24) is 10.2 Å². The second-order valence-electron chi connectivity index (χ2n) is 6.77. The summed E-state index contributed by atoms with van der Waals surface area (Å²) in [6.07, 6.45) is -2.98. The number of benzene rings is 2. The first-order valence-electron chi connectivity index (χ1n) is 9.32. The van der Waals surface area contributed by atoms with E-state index in [1.807, 2.05) is 0 Å². The Hall–Kier alpha value is -3.75. The maximum Gasteiger partial charge on any atom is 0.416 e. The number of hydrogen-bond donors (Lipinski definition) is 2. The number of anilines is 2. The Morgan fingerprint density at radius 3 is 2.52 bits per heavy atom. The Balaban J connectivity index is 1.69. The molecule has 0 radical (unpaired) electrons. The molecule has 0 fully saturated rings. The zero-order valence-electron chi connectivity index (χ0n) is 16.6. The van der Waals surface area contributed by atoms with Gasteiger partial charge in [-0.1, -0.05) is 18.2 Å². The van der Waals surface area contributed by atoms with E-state index in [1.54, 1.807) is 30.3 Å². The van der Waals surface area contributed by atoms with Gasteiger partial charge in [0.2, 0.25) is 5.91 Å². The number of alkyl halides is 3. The Kier molecular flexibility index (Phi) is 6.64. The molecule has 3 aromatic rings. The molecule has 0 spiro atoms. The molecule has 2 aromatic carbocycles. The molecule has 0 atom stereocenters. The molecule has 2 N–H and O–H groups in total. The van der Waals surface area contributed by atoms with Crippen LogP contribution in [0.2, 0.25) is 0 Å². The van der Waals surface area contributed by atoms with Gasteiger partial charge in [0.15, 0.2) is 0 Å². The van der Waals surface area contributed by atoms with Crippen LogP contribution in [0.5, 0.6) is 0 Å². The molecule has 1 aromatic heterocycles. The number of nitrogens with zero attached hydrogens (tertiary/aromatic N) is 1. The van der Waals surface area contributed by atoms with Crippen LogP contribution in [0.25, 0.3) is 0 Å². The average molecular weight is 431 g/mol. The van der Waals surface area contributed by atoms with E-state index in [-0.39, 0.29) is 30.2 Å². The molecule has 2 amide bonds. The van der Waals surface area contributed by atoms with Gasteiger partial charge >= 0.3 is 6.18 Å². The van der Waals surface area contributed by atoms with Gasteiger partial charge in [0.05, 0.1) is 36.2 Å². The number of para-hydroxylation sites is 1. The fourth-order valence-corrected chi connectivity index (χ4v) is 2.85. The minimum absolute atomic E-state index is 0.189. The van der Waals surface area contributed by atoms with Crippen LogP contribution in [0.3, 0.4) is 0 Å². The third-order valence-corrected chi connectivity index (χ3v) is 4.39. The van der Waals surface area contributed by atoms with Crippen molar-refractivity contribution in [3.05, 3.63) is 83.8 Å². The second-order valence-corrected chi connectivity index (χ2v) is 6.77. The molecule has 0 aliphatic rings. The van der Waals surface area contributed by atoms with Crippen LogP contribution in [0.1, 0.15) is 21.7 Å². The fourth-order valence-electron chi connectivity index (χ4n) is 2.85. The van der Waals surface area contributed by atoms with Crippen molar-refractivity contribution >= 4 is 23.2 Å². The van der Waals surface area contributed by atoms with Gasteiger partial charge in [0, 0.05) is 12.7 Å². The van der Waals surface area contributed by atoms with Gasteiger partial charge in [-0.2, -0.15) is 13.2 Å². The number of nitrogens with one attached hydrogen (secondary N) is 2. The number of hydrogen-bond acceptors (Lipinski definition) is 4. The van der Waals surface area contributed by atoms with Crippen molar-refractivity contribution in [3.8, 4) is 0 Å². The zero-order chi connectivity index (χ0) is 22.4. The molecule has 0 saturated carbocycles. The molecule has 9 heteroatoms. The molecule has 6 nitrogen and oxygen atoms in total. The number of carbonyl (C=O) groups excluding carboxylic acids is 2. The van der Waals surface area contributed by atoms with Gasteiger partial charge in [0.25, 0.3) is 5.91 Å². The lowest BCUT2D eigenvalue weighted by Crippen LogP contribution is -2.38.